The minimum atomic E-state index is -0.223. The first-order valence-corrected chi connectivity index (χ1v) is 12.2. The number of rotatable bonds is 7. The van der Waals surface area contributed by atoms with E-state index in [-0.39, 0.29) is 11.9 Å². The van der Waals surface area contributed by atoms with E-state index in [1.54, 1.807) is 0 Å². The maximum absolute atomic E-state index is 13.6. The number of nitrogens with zero attached hydrogens (tertiary/aromatic N) is 1. The number of nitrogens with two attached hydrogens (primary N) is 1. The Morgan fingerprint density at radius 1 is 0.800 bits per heavy atom. The molecule has 1 aliphatic heterocycles. The molecule has 2 atom stereocenters. The fourth-order valence-electron chi connectivity index (χ4n) is 5.10. The van der Waals surface area contributed by atoms with E-state index in [4.69, 9.17) is 5.73 Å². The second kappa shape index (κ2) is 9.79. The lowest BCUT2D eigenvalue weighted by atomic mass is 9.76. The van der Waals surface area contributed by atoms with Crippen molar-refractivity contribution < 1.29 is 4.39 Å². The van der Waals surface area contributed by atoms with Gasteiger partial charge in [-0.1, -0.05) is 72.8 Å². The first kappa shape index (κ1) is 22.9. The summed E-state index contributed by atoms with van der Waals surface area (Å²) in [5.41, 5.74) is 14.9. The lowest BCUT2D eigenvalue weighted by Crippen LogP contribution is -2.47. The number of anilines is 2. The van der Waals surface area contributed by atoms with E-state index in [2.05, 4.69) is 66.9 Å². The maximum Gasteiger partial charge on any atom is 0.123 e. The topological polar surface area (TPSA) is 29.3 Å². The second-order valence-electron chi connectivity index (χ2n) is 9.51. The van der Waals surface area contributed by atoms with Gasteiger partial charge in [0.2, 0.25) is 0 Å². The summed E-state index contributed by atoms with van der Waals surface area (Å²) in [7, 11) is 0. The standard InChI is InChI=1S/C32H31FN2/c1-22-6-8-24(9-7-22)4-3-5-31-23(2)35(30-20-16-28(33)17-21-30)32(31)27-12-10-25(11-13-27)26-14-18-29(34)19-15-26/h6-21,31-32H,2-5,34H2,1H3. The Hall–Kier alpha value is -3.85. The number of hydrogen-bond acceptors (Lipinski definition) is 2. The highest BCUT2D eigenvalue weighted by molar-refractivity contribution is 5.67. The van der Waals surface area contributed by atoms with Gasteiger partial charge >= 0.3 is 0 Å². The van der Waals surface area contributed by atoms with E-state index in [1.807, 2.05) is 36.4 Å². The number of nitrogen functional groups attached to an aromatic ring is 1. The number of benzene rings is 4. The van der Waals surface area contributed by atoms with Gasteiger partial charge in [0.1, 0.15) is 5.82 Å². The highest BCUT2D eigenvalue weighted by atomic mass is 19.1. The number of hydrogen-bond donors (Lipinski definition) is 1. The normalized spacial score (nSPS) is 17.3. The van der Waals surface area contributed by atoms with Crippen LogP contribution in [0.2, 0.25) is 0 Å². The van der Waals surface area contributed by atoms with Crippen molar-refractivity contribution in [3.63, 3.8) is 0 Å². The molecule has 1 heterocycles. The van der Waals surface area contributed by atoms with Crippen molar-refractivity contribution in [2.45, 2.75) is 32.2 Å². The van der Waals surface area contributed by atoms with Crippen LogP contribution in [-0.4, -0.2) is 0 Å². The average molecular weight is 463 g/mol. The van der Waals surface area contributed by atoms with Crippen LogP contribution < -0.4 is 10.6 Å². The largest absolute Gasteiger partial charge is 0.399 e. The van der Waals surface area contributed by atoms with E-state index in [9.17, 15) is 4.39 Å². The van der Waals surface area contributed by atoms with Crippen LogP contribution >= 0.6 is 0 Å². The fourth-order valence-corrected chi connectivity index (χ4v) is 5.10. The Balaban J connectivity index is 1.37. The molecule has 0 aromatic heterocycles. The number of aryl methyl sites for hydroxylation is 2. The molecular formula is C32H31FN2. The van der Waals surface area contributed by atoms with Gasteiger partial charge in [-0.25, -0.2) is 4.39 Å². The van der Waals surface area contributed by atoms with Gasteiger partial charge in [-0.05, 0) is 84.8 Å². The molecule has 0 saturated carbocycles. The summed E-state index contributed by atoms with van der Waals surface area (Å²) in [6, 6.07) is 32.5. The van der Waals surface area contributed by atoms with Crippen LogP contribution in [0.4, 0.5) is 15.8 Å². The van der Waals surface area contributed by atoms with Gasteiger partial charge < -0.3 is 10.6 Å². The maximum atomic E-state index is 13.6. The summed E-state index contributed by atoms with van der Waals surface area (Å²) in [4.78, 5) is 2.26. The second-order valence-corrected chi connectivity index (χ2v) is 9.51. The smallest absolute Gasteiger partial charge is 0.123 e. The molecule has 1 fully saturated rings. The van der Waals surface area contributed by atoms with E-state index in [1.165, 1.54) is 28.8 Å². The Bertz CT molecular complexity index is 1290. The Kier molecular flexibility index (Phi) is 6.41. The third-order valence-corrected chi connectivity index (χ3v) is 7.10. The molecule has 2 unspecified atom stereocenters. The Morgan fingerprint density at radius 2 is 1.40 bits per heavy atom. The zero-order chi connectivity index (χ0) is 24.4. The SMILES string of the molecule is C=C1C(CCCc2ccc(C)cc2)C(c2ccc(-c3ccc(N)cc3)cc2)N1c1ccc(F)cc1. The van der Waals surface area contributed by atoms with Crippen LogP contribution in [0.5, 0.6) is 0 Å². The molecule has 4 aromatic rings. The first-order valence-electron chi connectivity index (χ1n) is 12.2. The minimum absolute atomic E-state index is 0.187. The molecule has 0 spiro atoms. The molecule has 176 valence electrons. The van der Waals surface area contributed by atoms with Gasteiger partial charge in [-0.2, -0.15) is 0 Å². The zero-order valence-electron chi connectivity index (χ0n) is 20.1. The molecule has 2 N–H and O–H groups in total. The number of halogens is 1. The van der Waals surface area contributed by atoms with Gasteiger partial charge in [0.25, 0.3) is 0 Å². The predicted octanol–water partition coefficient (Wildman–Crippen LogP) is 8.10. The lowest BCUT2D eigenvalue weighted by molar-refractivity contribution is 0.341. The van der Waals surface area contributed by atoms with Crippen molar-refractivity contribution in [2.75, 3.05) is 10.6 Å². The van der Waals surface area contributed by atoms with Crippen LogP contribution in [0.3, 0.4) is 0 Å². The van der Waals surface area contributed by atoms with Gasteiger partial charge in [-0.3, -0.25) is 0 Å². The van der Waals surface area contributed by atoms with Gasteiger partial charge in [0.05, 0.1) is 6.04 Å². The summed E-state index contributed by atoms with van der Waals surface area (Å²) in [6.07, 6.45) is 3.22. The van der Waals surface area contributed by atoms with E-state index in [0.29, 0.717) is 5.92 Å². The lowest BCUT2D eigenvalue weighted by Gasteiger charge is -2.52. The van der Waals surface area contributed by atoms with Crippen molar-refractivity contribution in [3.05, 3.63) is 132 Å². The summed E-state index contributed by atoms with van der Waals surface area (Å²) in [5, 5.41) is 0. The van der Waals surface area contributed by atoms with Crippen molar-refractivity contribution in [3.8, 4) is 11.1 Å². The highest BCUT2D eigenvalue weighted by Crippen LogP contribution is 2.51. The molecular weight excluding hydrogens is 431 g/mol. The molecule has 35 heavy (non-hydrogen) atoms. The molecule has 0 radical (unpaired) electrons. The first-order chi connectivity index (χ1) is 17.0. The average Bonchev–Trinajstić information content (AvgIpc) is 2.88. The van der Waals surface area contributed by atoms with Crippen LogP contribution in [-0.2, 0) is 6.42 Å². The van der Waals surface area contributed by atoms with E-state index in [0.717, 1.165) is 47.5 Å². The molecule has 0 bridgehead atoms. The third kappa shape index (κ3) is 4.85. The highest BCUT2D eigenvalue weighted by Gasteiger charge is 2.43. The van der Waals surface area contributed by atoms with Crippen LogP contribution in [0.1, 0.15) is 35.6 Å². The summed E-state index contributed by atoms with van der Waals surface area (Å²) < 4.78 is 13.6. The van der Waals surface area contributed by atoms with Crippen LogP contribution in [0.25, 0.3) is 11.1 Å². The van der Waals surface area contributed by atoms with E-state index >= 15 is 0 Å². The molecule has 0 amide bonds. The predicted molar refractivity (Wildman–Crippen MR) is 145 cm³/mol. The summed E-state index contributed by atoms with van der Waals surface area (Å²) >= 11 is 0. The molecule has 1 saturated heterocycles. The molecule has 3 heteroatoms. The van der Waals surface area contributed by atoms with Gasteiger partial charge in [0.15, 0.2) is 0 Å². The molecule has 1 aliphatic rings. The minimum Gasteiger partial charge on any atom is -0.399 e. The fraction of sp³-hybridized carbons (Fsp3) is 0.188. The summed E-state index contributed by atoms with van der Waals surface area (Å²) in [6.45, 7) is 6.55. The quantitative estimate of drug-likeness (QED) is 0.281. The van der Waals surface area contributed by atoms with Crippen LogP contribution in [0.15, 0.2) is 109 Å². The van der Waals surface area contributed by atoms with Gasteiger partial charge in [0, 0.05) is 23.0 Å². The molecule has 4 aromatic carbocycles. The van der Waals surface area contributed by atoms with E-state index < -0.39 is 0 Å². The van der Waals surface area contributed by atoms with Crippen molar-refractivity contribution in [1.82, 2.24) is 0 Å². The van der Waals surface area contributed by atoms with Crippen LogP contribution in [0, 0.1) is 18.7 Å². The monoisotopic (exact) mass is 462 g/mol. The van der Waals surface area contributed by atoms with Gasteiger partial charge in [-0.15, -0.1) is 0 Å². The molecule has 2 nitrogen and oxygen atoms in total. The molecule has 0 aliphatic carbocycles. The zero-order valence-corrected chi connectivity index (χ0v) is 20.1. The third-order valence-electron chi connectivity index (χ3n) is 7.10. The molecule has 5 rings (SSSR count). The Morgan fingerprint density at radius 3 is 2.03 bits per heavy atom. The van der Waals surface area contributed by atoms with Crippen molar-refractivity contribution in [2.24, 2.45) is 5.92 Å². The van der Waals surface area contributed by atoms with Crippen molar-refractivity contribution in [1.29, 1.82) is 0 Å². The van der Waals surface area contributed by atoms with Crippen molar-refractivity contribution >= 4 is 11.4 Å². The Labute approximate surface area is 207 Å². The summed E-state index contributed by atoms with van der Waals surface area (Å²) in [5.74, 6) is 0.131.